The molecule has 152 valence electrons. The van der Waals surface area contributed by atoms with Crippen molar-refractivity contribution in [2.24, 2.45) is 0 Å². The summed E-state index contributed by atoms with van der Waals surface area (Å²) in [7, 11) is 0. The van der Waals surface area contributed by atoms with Gasteiger partial charge in [-0.2, -0.15) is 0 Å². The average Bonchev–Trinajstić information content (AvgIpc) is 3.04. The number of nitrogens with zero attached hydrogens (tertiary/aromatic N) is 2. The van der Waals surface area contributed by atoms with Crippen LogP contribution in [0.3, 0.4) is 0 Å². The van der Waals surface area contributed by atoms with Crippen LogP contribution >= 0.6 is 11.3 Å². The number of aliphatic carboxylic acids is 1. The molecule has 0 fully saturated rings. The van der Waals surface area contributed by atoms with Gasteiger partial charge in [0.25, 0.3) is 5.56 Å². The second-order valence-electron chi connectivity index (χ2n) is 7.89. The molecule has 0 aliphatic carbocycles. The zero-order valence-corrected chi connectivity index (χ0v) is 18.1. The van der Waals surface area contributed by atoms with E-state index in [0.29, 0.717) is 16.0 Å². The molecule has 0 saturated heterocycles. The first-order chi connectivity index (χ1) is 14.2. The van der Waals surface area contributed by atoms with Gasteiger partial charge in [0.05, 0.1) is 5.39 Å². The minimum Gasteiger partial charge on any atom is -0.480 e. The van der Waals surface area contributed by atoms with Crippen LogP contribution in [0.1, 0.15) is 24.3 Å². The predicted molar refractivity (Wildman–Crippen MR) is 121 cm³/mol. The van der Waals surface area contributed by atoms with Gasteiger partial charge in [-0.3, -0.25) is 9.36 Å². The molecule has 4 aromatic rings. The number of carbonyl (C=O) groups is 1. The van der Waals surface area contributed by atoms with Crippen LogP contribution in [0.5, 0.6) is 0 Å². The lowest BCUT2D eigenvalue weighted by Crippen LogP contribution is -2.44. The Hall–Kier alpha value is -3.25. The number of fused-ring (bicyclic) bond motifs is 1. The molecule has 6 heteroatoms. The van der Waals surface area contributed by atoms with Crippen LogP contribution in [0.4, 0.5) is 0 Å². The van der Waals surface area contributed by atoms with Crippen molar-refractivity contribution in [2.75, 3.05) is 0 Å². The first kappa shape index (κ1) is 20.0. The maximum absolute atomic E-state index is 13.8. The average molecular weight is 419 g/mol. The minimum atomic E-state index is -1.47. The number of benzene rings is 2. The lowest BCUT2D eigenvalue weighted by atomic mass is 10.0. The number of hydrogen-bond donors (Lipinski definition) is 1. The Bertz CT molecular complexity index is 1330. The fourth-order valence-electron chi connectivity index (χ4n) is 3.71. The van der Waals surface area contributed by atoms with Gasteiger partial charge in [-0.15, -0.1) is 11.3 Å². The lowest BCUT2D eigenvalue weighted by Gasteiger charge is -2.26. The van der Waals surface area contributed by atoms with Crippen molar-refractivity contribution < 1.29 is 9.90 Å². The van der Waals surface area contributed by atoms with Crippen molar-refractivity contribution in [1.82, 2.24) is 9.55 Å². The van der Waals surface area contributed by atoms with Crippen LogP contribution in [-0.2, 0) is 10.3 Å². The third kappa shape index (κ3) is 3.13. The fourth-order valence-corrected chi connectivity index (χ4v) is 4.74. The minimum absolute atomic E-state index is 0.341. The zero-order valence-electron chi connectivity index (χ0n) is 17.3. The van der Waals surface area contributed by atoms with E-state index in [-0.39, 0.29) is 5.56 Å². The van der Waals surface area contributed by atoms with E-state index >= 15 is 0 Å². The fraction of sp³-hybridized carbons (Fsp3) is 0.208. The predicted octanol–water partition coefficient (Wildman–Crippen LogP) is 5.23. The standard InChI is InChI=1S/C24H22N2O3S/c1-14-9-8-12-17(13-14)20-25-21-19(22(27)26(20)24(3,4)23(28)29)18(15(2)30-21)16-10-6-5-7-11-16/h5-13H,1-4H3,(H,28,29). The van der Waals surface area contributed by atoms with Crippen molar-refractivity contribution in [3.8, 4) is 22.5 Å². The molecule has 30 heavy (non-hydrogen) atoms. The summed E-state index contributed by atoms with van der Waals surface area (Å²) >= 11 is 1.46. The van der Waals surface area contributed by atoms with E-state index in [4.69, 9.17) is 4.98 Å². The molecular weight excluding hydrogens is 396 g/mol. The molecular formula is C24H22N2O3S. The van der Waals surface area contributed by atoms with Crippen molar-refractivity contribution in [3.63, 3.8) is 0 Å². The molecule has 1 N–H and O–H groups in total. The summed E-state index contributed by atoms with van der Waals surface area (Å²) < 4.78 is 1.32. The Morgan fingerprint density at radius 2 is 1.70 bits per heavy atom. The summed E-state index contributed by atoms with van der Waals surface area (Å²) in [5, 5.41) is 10.4. The van der Waals surface area contributed by atoms with Gasteiger partial charge < -0.3 is 5.11 Å². The number of thiophene rings is 1. The molecule has 2 aromatic heterocycles. The van der Waals surface area contributed by atoms with E-state index < -0.39 is 11.5 Å². The van der Waals surface area contributed by atoms with Gasteiger partial charge in [0, 0.05) is 16.0 Å². The maximum atomic E-state index is 13.8. The molecule has 0 aliphatic rings. The third-order valence-electron chi connectivity index (χ3n) is 5.32. The smallest absolute Gasteiger partial charge is 0.329 e. The number of rotatable bonds is 4. The first-order valence-electron chi connectivity index (χ1n) is 9.64. The molecule has 2 aromatic carbocycles. The Balaban J connectivity index is 2.16. The first-order valence-corrected chi connectivity index (χ1v) is 10.5. The van der Waals surface area contributed by atoms with E-state index in [2.05, 4.69) is 0 Å². The molecule has 2 heterocycles. The zero-order chi connectivity index (χ0) is 21.6. The van der Waals surface area contributed by atoms with Crippen LogP contribution in [0.2, 0.25) is 0 Å². The molecule has 0 bridgehead atoms. The molecule has 0 unspecified atom stereocenters. The molecule has 5 nitrogen and oxygen atoms in total. The number of aromatic nitrogens is 2. The summed E-state index contributed by atoms with van der Waals surface area (Å²) in [6, 6.07) is 17.3. The topological polar surface area (TPSA) is 72.2 Å². The number of hydrogen-bond acceptors (Lipinski definition) is 4. The van der Waals surface area contributed by atoms with E-state index in [1.807, 2.05) is 68.4 Å². The van der Waals surface area contributed by atoms with E-state index in [0.717, 1.165) is 27.1 Å². The SMILES string of the molecule is Cc1cccc(-c2nc3sc(C)c(-c4ccccc4)c3c(=O)n2C(C)(C)C(=O)O)c1. The van der Waals surface area contributed by atoms with Crippen LogP contribution in [-0.4, -0.2) is 20.6 Å². The second kappa shape index (κ2) is 7.22. The molecule has 0 radical (unpaired) electrons. The summed E-state index contributed by atoms with van der Waals surface area (Å²) in [6.45, 7) is 6.98. The highest BCUT2D eigenvalue weighted by molar-refractivity contribution is 7.19. The molecule has 0 amide bonds. The summed E-state index contributed by atoms with van der Waals surface area (Å²) in [5.74, 6) is -0.725. The number of aryl methyl sites for hydroxylation is 2. The monoisotopic (exact) mass is 418 g/mol. The van der Waals surface area contributed by atoms with Gasteiger partial charge in [0.1, 0.15) is 16.2 Å². The molecule has 0 spiro atoms. The largest absolute Gasteiger partial charge is 0.480 e. The summed E-state index contributed by atoms with van der Waals surface area (Å²) in [5.41, 5.74) is 1.65. The Kier molecular flexibility index (Phi) is 4.82. The van der Waals surface area contributed by atoms with Crippen LogP contribution in [0.15, 0.2) is 59.4 Å². The molecule has 4 rings (SSSR count). The summed E-state index contributed by atoms with van der Waals surface area (Å²) in [6.07, 6.45) is 0. The van der Waals surface area contributed by atoms with Gasteiger partial charge >= 0.3 is 5.97 Å². The number of carboxylic acid groups (broad SMARTS) is 1. The Morgan fingerprint density at radius 3 is 2.33 bits per heavy atom. The maximum Gasteiger partial charge on any atom is 0.329 e. The van der Waals surface area contributed by atoms with Gasteiger partial charge in [0.15, 0.2) is 0 Å². The van der Waals surface area contributed by atoms with Gasteiger partial charge in [0.2, 0.25) is 0 Å². The van der Waals surface area contributed by atoms with Crippen LogP contribution in [0.25, 0.3) is 32.7 Å². The van der Waals surface area contributed by atoms with Crippen molar-refractivity contribution in [2.45, 2.75) is 33.2 Å². The summed E-state index contributed by atoms with van der Waals surface area (Å²) in [4.78, 5) is 32.4. The molecule has 0 aliphatic heterocycles. The highest BCUT2D eigenvalue weighted by Crippen LogP contribution is 2.37. The second-order valence-corrected chi connectivity index (χ2v) is 9.09. The number of carboxylic acids is 1. The van der Waals surface area contributed by atoms with Gasteiger partial charge in [-0.05, 0) is 39.3 Å². The van der Waals surface area contributed by atoms with E-state index in [9.17, 15) is 14.7 Å². The highest BCUT2D eigenvalue weighted by atomic mass is 32.1. The normalized spacial score (nSPS) is 11.7. The molecule has 0 atom stereocenters. The lowest BCUT2D eigenvalue weighted by molar-refractivity contribution is -0.145. The Labute approximate surface area is 178 Å². The quantitative estimate of drug-likeness (QED) is 0.493. The molecule has 0 saturated carbocycles. The van der Waals surface area contributed by atoms with Crippen LogP contribution < -0.4 is 5.56 Å². The van der Waals surface area contributed by atoms with Crippen molar-refractivity contribution in [3.05, 3.63) is 75.4 Å². The van der Waals surface area contributed by atoms with Gasteiger partial charge in [-0.1, -0.05) is 54.1 Å². The van der Waals surface area contributed by atoms with Crippen molar-refractivity contribution >= 4 is 27.5 Å². The van der Waals surface area contributed by atoms with Crippen LogP contribution in [0, 0.1) is 13.8 Å². The third-order valence-corrected chi connectivity index (χ3v) is 6.32. The van der Waals surface area contributed by atoms with E-state index in [1.165, 1.54) is 29.8 Å². The van der Waals surface area contributed by atoms with Crippen molar-refractivity contribution in [1.29, 1.82) is 0 Å². The van der Waals surface area contributed by atoms with E-state index in [1.54, 1.807) is 0 Å². The highest BCUT2D eigenvalue weighted by Gasteiger charge is 2.35. The Morgan fingerprint density at radius 1 is 1.03 bits per heavy atom. The van der Waals surface area contributed by atoms with Gasteiger partial charge in [-0.25, -0.2) is 9.78 Å².